The van der Waals surface area contributed by atoms with E-state index in [0.29, 0.717) is 12.8 Å². The quantitative estimate of drug-likeness (QED) is 0.751. The Bertz CT molecular complexity index is 373. The van der Waals surface area contributed by atoms with Crippen LogP contribution in [0.15, 0.2) is 30.3 Å². The Morgan fingerprint density at radius 3 is 2.47 bits per heavy atom. The van der Waals surface area contributed by atoms with Gasteiger partial charge >= 0.3 is 0 Å². The van der Waals surface area contributed by atoms with Crippen LogP contribution in [0.25, 0.3) is 0 Å². The first-order chi connectivity index (χ1) is 7.03. The zero-order chi connectivity index (χ0) is 11.3. The Kier molecular flexibility index (Phi) is 3.62. The van der Waals surface area contributed by atoms with Crippen molar-refractivity contribution in [1.82, 2.24) is 0 Å². The lowest BCUT2D eigenvalue weighted by atomic mass is 9.87. The summed E-state index contributed by atoms with van der Waals surface area (Å²) in [5, 5.41) is 8.81. The number of rotatable bonds is 4. The van der Waals surface area contributed by atoms with E-state index in [2.05, 4.69) is 6.07 Å². The molecular formula is C13H15NO. The van der Waals surface area contributed by atoms with Gasteiger partial charge in [0.1, 0.15) is 5.78 Å². The normalized spacial score (nSPS) is 10.7. The van der Waals surface area contributed by atoms with E-state index in [9.17, 15) is 4.79 Å². The van der Waals surface area contributed by atoms with E-state index in [1.807, 2.05) is 30.3 Å². The SMILES string of the molecule is CC(C)(C#N)CC(=O)Cc1ccccc1. The maximum absolute atomic E-state index is 11.6. The van der Waals surface area contributed by atoms with Gasteiger partial charge in [0.15, 0.2) is 0 Å². The summed E-state index contributed by atoms with van der Waals surface area (Å²) in [6.07, 6.45) is 0.740. The molecule has 2 nitrogen and oxygen atoms in total. The lowest BCUT2D eigenvalue weighted by Crippen LogP contribution is -2.16. The number of carbonyl (C=O) groups is 1. The molecule has 0 aromatic heterocycles. The van der Waals surface area contributed by atoms with Crippen LogP contribution in [0.3, 0.4) is 0 Å². The monoisotopic (exact) mass is 201 g/mol. The Hall–Kier alpha value is -1.62. The predicted molar refractivity (Wildman–Crippen MR) is 59.2 cm³/mol. The second-order valence-corrected chi connectivity index (χ2v) is 4.37. The highest BCUT2D eigenvalue weighted by Gasteiger charge is 2.20. The van der Waals surface area contributed by atoms with Gasteiger partial charge in [-0.2, -0.15) is 5.26 Å². The van der Waals surface area contributed by atoms with E-state index in [-0.39, 0.29) is 5.78 Å². The van der Waals surface area contributed by atoms with Crippen LogP contribution in [0.1, 0.15) is 25.8 Å². The van der Waals surface area contributed by atoms with Crippen molar-refractivity contribution in [2.45, 2.75) is 26.7 Å². The summed E-state index contributed by atoms with van der Waals surface area (Å²) in [6, 6.07) is 11.7. The largest absolute Gasteiger partial charge is 0.299 e. The van der Waals surface area contributed by atoms with Gasteiger partial charge in [-0.3, -0.25) is 4.79 Å². The minimum Gasteiger partial charge on any atom is -0.299 e. The summed E-state index contributed by atoms with van der Waals surface area (Å²) >= 11 is 0. The van der Waals surface area contributed by atoms with Crippen LogP contribution in [0.5, 0.6) is 0 Å². The van der Waals surface area contributed by atoms with Gasteiger partial charge in [-0.1, -0.05) is 30.3 Å². The Morgan fingerprint density at radius 1 is 1.33 bits per heavy atom. The molecule has 0 bridgehead atoms. The van der Waals surface area contributed by atoms with Crippen molar-refractivity contribution < 1.29 is 4.79 Å². The van der Waals surface area contributed by atoms with Gasteiger partial charge in [0.05, 0.1) is 11.5 Å². The second kappa shape index (κ2) is 4.75. The van der Waals surface area contributed by atoms with Crippen LogP contribution in [-0.4, -0.2) is 5.78 Å². The van der Waals surface area contributed by atoms with Crippen molar-refractivity contribution in [2.75, 3.05) is 0 Å². The number of benzene rings is 1. The fourth-order valence-corrected chi connectivity index (χ4v) is 1.42. The maximum atomic E-state index is 11.6. The topological polar surface area (TPSA) is 40.9 Å². The van der Waals surface area contributed by atoms with Gasteiger partial charge in [-0.05, 0) is 19.4 Å². The summed E-state index contributed by atoms with van der Waals surface area (Å²) in [4.78, 5) is 11.6. The zero-order valence-corrected chi connectivity index (χ0v) is 9.16. The third-order valence-electron chi connectivity index (χ3n) is 2.19. The molecule has 1 aromatic rings. The molecule has 78 valence electrons. The van der Waals surface area contributed by atoms with Crippen molar-refractivity contribution in [3.8, 4) is 6.07 Å². The molecule has 15 heavy (non-hydrogen) atoms. The van der Waals surface area contributed by atoms with Crippen LogP contribution in [0, 0.1) is 16.7 Å². The summed E-state index contributed by atoms with van der Waals surface area (Å²) in [5.41, 5.74) is 0.461. The van der Waals surface area contributed by atoms with Gasteiger partial charge in [0.2, 0.25) is 0 Å². The van der Waals surface area contributed by atoms with Gasteiger partial charge in [0.25, 0.3) is 0 Å². The Morgan fingerprint density at radius 2 is 1.93 bits per heavy atom. The van der Waals surface area contributed by atoms with Crippen LogP contribution in [-0.2, 0) is 11.2 Å². The Labute approximate surface area is 90.5 Å². The third-order valence-corrected chi connectivity index (χ3v) is 2.19. The number of carbonyl (C=O) groups excluding carboxylic acids is 1. The lowest BCUT2D eigenvalue weighted by Gasteiger charge is -2.13. The lowest BCUT2D eigenvalue weighted by molar-refractivity contribution is -0.119. The summed E-state index contributed by atoms with van der Waals surface area (Å²) in [7, 11) is 0. The first-order valence-electron chi connectivity index (χ1n) is 5.00. The van der Waals surface area contributed by atoms with E-state index in [0.717, 1.165) is 5.56 Å². The molecule has 0 aliphatic heterocycles. The fourth-order valence-electron chi connectivity index (χ4n) is 1.42. The first kappa shape index (κ1) is 11.5. The number of hydrogen-bond donors (Lipinski definition) is 0. The molecule has 0 heterocycles. The van der Waals surface area contributed by atoms with Crippen LogP contribution in [0.4, 0.5) is 0 Å². The number of hydrogen-bond acceptors (Lipinski definition) is 2. The maximum Gasteiger partial charge on any atom is 0.138 e. The van der Waals surface area contributed by atoms with E-state index in [4.69, 9.17) is 5.26 Å². The molecule has 0 saturated heterocycles. The highest BCUT2D eigenvalue weighted by Crippen LogP contribution is 2.19. The summed E-state index contributed by atoms with van der Waals surface area (Å²) < 4.78 is 0. The highest BCUT2D eigenvalue weighted by molar-refractivity contribution is 5.81. The van der Waals surface area contributed by atoms with Crippen molar-refractivity contribution in [1.29, 1.82) is 5.26 Å². The van der Waals surface area contributed by atoms with Crippen molar-refractivity contribution in [3.05, 3.63) is 35.9 Å². The van der Waals surface area contributed by atoms with Gasteiger partial charge in [-0.25, -0.2) is 0 Å². The smallest absolute Gasteiger partial charge is 0.138 e. The molecule has 0 saturated carbocycles. The summed E-state index contributed by atoms with van der Waals surface area (Å²) in [5.74, 6) is 0.118. The van der Waals surface area contributed by atoms with Crippen molar-refractivity contribution >= 4 is 5.78 Å². The highest BCUT2D eigenvalue weighted by atomic mass is 16.1. The fraction of sp³-hybridized carbons (Fsp3) is 0.385. The molecule has 1 rings (SSSR count). The molecule has 2 heteroatoms. The third kappa shape index (κ3) is 3.95. The van der Waals surface area contributed by atoms with E-state index in [1.54, 1.807) is 13.8 Å². The van der Waals surface area contributed by atoms with Gasteiger partial charge < -0.3 is 0 Å². The number of Topliss-reactive ketones (excluding diaryl/α,β-unsaturated/α-hetero) is 1. The predicted octanol–water partition coefficient (Wildman–Crippen LogP) is 2.74. The molecule has 0 unspecified atom stereocenters. The van der Waals surface area contributed by atoms with E-state index in [1.165, 1.54) is 0 Å². The average Bonchev–Trinajstić information content (AvgIpc) is 2.18. The van der Waals surface area contributed by atoms with Gasteiger partial charge in [0, 0.05) is 12.8 Å². The molecule has 0 N–H and O–H groups in total. The molecule has 0 fully saturated rings. The molecule has 1 aromatic carbocycles. The number of ketones is 1. The van der Waals surface area contributed by atoms with Crippen molar-refractivity contribution in [3.63, 3.8) is 0 Å². The molecule has 0 amide bonds. The minimum absolute atomic E-state index is 0.118. The molecule has 0 aliphatic carbocycles. The molecule has 0 atom stereocenters. The molecule has 0 spiro atoms. The molecule has 0 radical (unpaired) electrons. The minimum atomic E-state index is -0.550. The molecular weight excluding hydrogens is 186 g/mol. The Balaban J connectivity index is 2.55. The number of nitriles is 1. The summed E-state index contributed by atoms with van der Waals surface area (Å²) in [6.45, 7) is 3.58. The zero-order valence-electron chi connectivity index (χ0n) is 9.16. The number of nitrogens with zero attached hydrogens (tertiary/aromatic N) is 1. The molecule has 0 aliphatic rings. The van der Waals surface area contributed by atoms with E-state index >= 15 is 0 Å². The van der Waals surface area contributed by atoms with Crippen LogP contribution in [0.2, 0.25) is 0 Å². The standard InChI is InChI=1S/C13H15NO/c1-13(2,10-14)9-12(15)8-11-6-4-3-5-7-11/h3-7H,8-9H2,1-2H3. The van der Waals surface area contributed by atoms with Gasteiger partial charge in [-0.15, -0.1) is 0 Å². The average molecular weight is 201 g/mol. The van der Waals surface area contributed by atoms with Crippen molar-refractivity contribution in [2.24, 2.45) is 5.41 Å². The first-order valence-corrected chi connectivity index (χ1v) is 5.00. The second-order valence-electron chi connectivity index (χ2n) is 4.37. The van der Waals surface area contributed by atoms with E-state index < -0.39 is 5.41 Å². The van der Waals surface area contributed by atoms with Crippen LogP contribution >= 0.6 is 0 Å². The van der Waals surface area contributed by atoms with Crippen LogP contribution < -0.4 is 0 Å².